The molecule has 0 heterocycles. The summed E-state index contributed by atoms with van der Waals surface area (Å²) >= 11 is 0. The van der Waals surface area contributed by atoms with E-state index in [-0.39, 0.29) is 16.9 Å². The average molecular weight is 446 g/mol. The van der Waals surface area contributed by atoms with Gasteiger partial charge in [-0.05, 0) is 93.4 Å². The first kappa shape index (κ1) is 23.7. The lowest BCUT2D eigenvalue weighted by atomic mass is 9.46. The molecule has 6 nitrogen and oxygen atoms in total. The average Bonchev–Trinajstić information content (AvgIpc) is 3.13. The summed E-state index contributed by atoms with van der Waals surface area (Å²) in [5.41, 5.74) is 3.02. The topological polar surface area (TPSA) is 83.0 Å². The normalized spacial score (nSPS) is 41.2. The number of aliphatic hydroxyl groups is 1. The molecule has 0 saturated heterocycles. The summed E-state index contributed by atoms with van der Waals surface area (Å²) in [4.78, 5) is 17.2. The van der Waals surface area contributed by atoms with Crippen LogP contribution in [0.15, 0.2) is 16.8 Å². The highest BCUT2D eigenvalue weighted by Gasteiger charge is 2.59. The smallest absolute Gasteiger partial charge is 0.389 e. The number of nitrogens with one attached hydrogen (secondary N) is 2. The fraction of sp³-hybridized carbons (Fsp3) is 0.846. The van der Waals surface area contributed by atoms with E-state index < -0.39 is 6.09 Å². The van der Waals surface area contributed by atoms with E-state index in [9.17, 15) is 9.90 Å². The van der Waals surface area contributed by atoms with Gasteiger partial charge in [-0.1, -0.05) is 37.6 Å². The molecule has 0 spiro atoms. The molecule has 4 aliphatic carbocycles. The lowest BCUT2D eigenvalue weighted by molar-refractivity contribution is -0.0479. The van der Waals surface area contributed by atoms with Crippen LogP contribution in [-0.2, 0) is 4.84 Å². The van der Waals surface area contributed by atoms with E-state index >= 15 is 0 Å². The Morgan fingerprint density at radius 3 is 2.75 bits per heavy atom. The van der Waals surface area contributed by atoms with E-state index in [1.807, 2.05) is 13.8 Å². The number of rotatable bonds is 6. The van der Waals surface area contributed by atoms with Crippen LogP contribution in [0, 0.1) is 34.5 Å². The fourth-order valence-corrected chi connectivity index (χ4v) is 8.04. The van der Waals surface area contributed by atoms with Crippen molar-refractivity contribution in [2.24, 2.45) is 39.7 Å². The van der Waals surface area contributed by atoms with Gasteiger partial charge in [-0.25, -0.2) is 4.79 Å². The minimum atomic E-state index is -0.468. The molecule has 6 heteroatoms. The summed E-state index contributed by atoms with van der Waals surface area (Å²) in [5, 5.41) is 20.4. The van der Waals surface area contributed by atoms with E-state index in [1.54, 1.807) is 0 Å². The zero-order valence-electron chi connectivity index (χ0n) is 20.5. The maximum atomic E-state index is 12.0. The molecule has 32 heavy (non-hydrogen) atoms. The van der Waals surface area contributed by atoms with Crippen LogP contribution in [-0.4, -0.2) is 42.6 Å². The SMILES string of the molecule is CCNCCNC(=O)O/N=C(\C)[C@H]1CC[C@H]2[C@@H]3CCC4=C[C@@H](O)CC[C@]4(C)[C@H]3CC[C@]12C. The number of aliphatic hydroxyl groups excluding tert-OH is 1. The molecule has 3 fully saturated rings. The van der Waals surface area contributed by atoms with Crippen molar-refractivity contribution < 1.29 is 14.7 Å². The van der Waals surface area contributed by atoms with E-state index in [0.29, 0.717) is 12.5 Å². The third-order valence-corrected chi connectivity index (χ3v) is 9.69. The van der Waals surface area contributed by atoms with Gasteiger partial charge in [-0.2, -0.15) is 0 Å². The number of fused-ring (bicyclic) bond motifs is 5. The Bertz CT molecular complexity index is 765. The Morgan fingerprint density at radius 2 is 1.97 bits per heavy atom. The summed E-state index contributed by atoms with van der Waals surface area (Å²) < 4.78 is 0. The minimum Gasteiger partial charge on any atom is -0.389 e. The number of nitrogens with zero attached hydrogens (tertiary/aromatic N) is 1. The van der Waals surface area contributed by atoms with Crippen molar-refractivity contribution >= 4 is 11.8 Å². The molecule has 0 aromatic heterocycles. The number of carbonyl (C=O) groups is 1. The summed E-state index contributed by atoms with van der Waals surface area (Å²) in [7, 11) is 0. The maximum absolute atomic E-state index is 12.0. The number of amides is 1. The molecule has 4 rings (SSSR count). The van der Waals surface area contributed by atoms with Gasteiger partial charge in [0, 0.05) is 19.0 Å². The monoisotopic (exact) mass is 445 g/mol. The van der Waals surface area contributed by atoms with Crippen LogP contribution in [0.2, 0.25) is 0 Å². The summed E-state index contributed by atoms with van der Waals surface area (Å²) in [6.45, 7) is 11.2. The molecule has 0 aromatic rings. The van der Waals surface area contributed by atoms with Crippen molar-refractivity contribution in [1.82, 2.24) is 10.6 Å². The molecular formula is C26H43N3O3. The molecule has 4 aliphatic rings. The highest BCUT2D eigenvalue weighted by atomic mass is 16.7. The summed E-state index contributed by atoms with van der Waals surface area (Å²) in [6.07, 6.45) is 10.8. The first-order valence-corrected chi connectivity index (χ1v) is 12.9. The Morgan fingerprint density at radius 1 is 1.16 bits per heavy atom. The highest BCUT2D eigenvalue weighted by molar-refractivity contribution is 5.85. The minimum absolute atomic E-state index is 0.238. The van der Waals surface area contributed by atoms with E-state index in [0.717, 1.165) is 62.2 Å². The quantitative estimate of drug-likeness (QED) is 0.183. The van der Waals surface area contributed by atoms with E-state index in [4.69, 9.17) is 4.84 Å². The van der Waals surface area contributed by atoms with Gasteiger partial charge in [0.05, 0.1) is 11.8 Å². The zero-order valence-corrected chi connectivity index (χ0v) is 20.5. The van der Waals surface area contributed by atoms with Gasteiger partial charge in [0.2, 0.25) is 0 Å². The molecule has 3 N–H and O–H groups in total. The zero-order chi connectivity index (χ0) is 22.9. The third-order valence-electron chi connectivity index (χ3n) is 9.69. The van der Waals surface area contributed by atoms with Crippen LogP contribution in [0.25, 0.3) is 0 Å². The number of oxime groups is 1. The van der Waals surface area contributed by atoms with Gasteiger partial charge in [0.15, 0.2) is 0 Å². The van der Waals surface area contributed by atoms with Crippen LogP contribution < -0.4 is 10.6 Å². The van der Waals surface area contributed by atoms with Crippen molar-refractivity contribution in [1.29, 1.82) is 0 Å². The first-order valence-electron chi connectivity index (χ1n) is 12.9. The number of hydrogen-bond acceptors (Lipinski definition) is 5. The van der Waals surface area contributed by atoms with Crippen LogP contribution in [0.5, 0.6) is 0 Å². The molecule has 7 atom stereocenters. The van der Waals surface area contributed by atoms with Crippen LogP contribution in [0.4, 0.5) is 4.79 Å². The molecule has 0 aliphatic heterocycles. The van der Waals surface area contributed by atoms with Crippen LogP contribution in [0.3, 0.4) is 0 Å². The predicted octanol–water partition coefficient (Wildman–Crippen LogP) is 4.64. The lowest BCUT2D eigenvalue weighted by Gasteiger charge is -2.58. The molecule has 0 unspecified atom stereocenters. The second kappa shape index (κ2) is 9.46. The van der Waals surface area contributed by atoms with E-state index in [2.05, 4.69) is 35.7 Å². The molecule has 180 valence electrons. The number of allylic oxidation sites excluding steroid dienone is 1. The van der Waals surface area contributed by atoms with Crippen LogP contribution in [0.1, 0.15) is 79.1 Å². The van der Waals surface area contributed by atoms with Gasteiger partial charge in [0.1, 0.15) is 0 Å². The number of carbonyl (C=O) groups excluding carboxylic acids is 1. The van der Waals surface area contributed by atoms with Gasteiger partial charge >= 0.3 is 6.09 Å². The van der Waals surface area contributed by atoms with Crippen molar-refractivity contribution in [2.75, 3.05) is 19.6 Å². The Labute approximate surface area is 193 Å². The molecule has 0 radical (unpaired) electrons. The Kier molecular flexibility index (Phi) is 7.02. The molecule has 3 saturated carbocycles. The molecular weight excluding hydrogens is 402 g/mol. The first-order chi connectivity index (χ1) is 15.3. The fourth-order valence-electron chi connectivity index (χ4n) is 8.04. The van der Waals surface area contributed by atoms with Crippen molar-refractivity contribution in [2.45, 2.75) is 85.2 Å². The molecule has 0 aromatic carbocycles. The van der Waals surface area contributed by atoms with Crippen molar-refractivity contribution in [3.05, 3.63) is 11.6 Å². The number of likely N-dealkylation sites (N-methyl/N-ethyl adjacent to an activating group) is 1. The summed E-state index contributed by atoms with van der Waals surface area (Å²) in [5.74, 6) is 2.61. The van der Waals surface area contributed by atoms with Gasteiger partial charge < -0.3 is 15.7 Å². The number of hydrogen-bond donors (Lipinski definition) is 3. The van der Waals surface area contributed by atoms with E-state index in [1.165, 1.54) is 31.3 Å². The van der Waals surface area contributed by atoms with Crippen molar-refractivity contribution in [3.8, 4) is 0 Å². The van der Waals surface area contributed by atoms with Gasteiger partial charge in [0.25, 0.3) is 0 Å². The predicted molar refractivity (Wildman–Crippen MR) is 127 cm³/mol. The summed E-state index contributed by atoms with van der Waals surface area (Å²) in [6, 6.07) is 0. The second-order valence-corrected chi connectivity index (χ2v) is 11.2. The molecule has 1 amide bonds. The highest BCUT2D eigenvalue weighted by Crippen LogP contribution is 2.66. The molecule has 0 bridgehead atoms. The largest absolute Gasteiger partial charge is 0.433 e. The van der Waals surface area contributed by atoms with Crippen molar-refractivity contribution in [3.63, 3.8) is 0 Å². The van der Waals surface area contributed by atoms with Gasteiger partial charge in [-0.15, -0.1) is 0 Å². The van der Waals surface area contributed by atoms with Gasteiger partial charge in [-0.3, -0.25) is 4.84 Å². The third kappa shape index (κ3) is 4.25. The second-order valence-electron chi connectivity index (χ2n) is 11.2. The Balaban J connectivity index is 1.42. The van der Waals surface area contributed by atoms with Crippen LogP contribution >= 0.6 is 0 Å². The Hall–Kier alpha value is -1.40. The lowest BCUT2D eigenvalue weighted by Crippen LogP contribution is -2.51. The standard InChI is InChI=1S/C26H43N3O3/c1-5-27-14-15-28-24(31)32-29-17(2)21-8-9-22-20-7-6-18-16-19(30)10-12-25(18,3)23(20)11-13-26(21,22)4/h16,19-23,27,30H,5-15H2,1-4H3,(H,28,31)/b29-17+/t19-,20-,21+,22-,23-,25-,26+/m0/s1. The maximum Gasteiger partial charge on any atom is 0.433 e.